The minimum Gasteiger partial charge on any atom is -0.368 e. The maximum absolute atomic E-state index is 13.0. The Kier molecular flexibility index (Phi) is 6.75. The van der Waals surface area contributed by atoms with Crippen molar-refractivity contribution in [1.29, 1.82) is 0 Å². The summed E-state index contributed by atoms with van der Waals surface area (Å²) in [6.07, 6.45) is 4.08. The lowest BCUT2D eigenvalue weighted by Crippen LogP contribution is -2.56. The van der Waals surface area contributed by atoms with Gasteiger partial charge in [-0.25, -0.2) is 8.42 Å². The standard InChI is InChI=1S/C18H31N3O5S/c1-2-3-14-27(24,25)21-8-4-6-15(21)17(22)19-9-11-20(12-10-19)18(23)16-7-5-13-26-16/h15-16H,2-14H2,1H3. The van der Waals surface area contributed by atoms with Gasteiger partial charge in [-0.1, -0.05) is 13.3 Å². The summed E-state index contributed by atoms with van der Waals surface area (Å²) < 4.78 is 32.0. The maximum Gasteiger partial charge on any atom is 0.251 e. The summed E-state index contributed by atoms with van der Waals surface area (Å²) in [6.45, 7) is 4.91. The largest absolute Gasteiger partial charge is 0.368 e. The van der Waals surface area contributed by atoms with E-state index >= 15 is 0 Å². The fourth-order valence-electron chi connectivity index (χ4n) is 4.10. The minimum atomic E-state index is -3.39. The molecule has 0 N–H and O–H groups in total. The van der Waals surface area contributed by atoms with Crippen molar-refractivity contribution < 1.29 is 22.7 Å². The van der Waals surface area contributed by atoms with Gasteiger partial charge in [-0.05, 0) is 32.1 Å². The quantitative estimate of drug-likeness (QED) is 0.644. The Morgan fingerprint density at radius 1 is 0.963 bits per heavy atom. The van der Waals surface area contributed by atoms with Gasteiger partial charge in [0.25, 0.3) is 5.91 Å². The van der Waals surface area contributed by atoms with Gasteiger partial charge in [0.2, 0.25) is 15.9 Å². The Hall–Kier alpha value is -1.19. The van der Waals surface area contributed by atoms with E-state index in [9.17, 15) is 18.0 Å². The molecule has 0 aliphatic carbocycles. The summed E-state index contributed by atoms with van der Waals surface area (Å²) in [5, 5.41) is 0. The van der Waals surface area contributed by atoms with E-state index < -0.39 is 16.1 Å². The van der Waals surface area contributed by atoms with Gasteiger partial charge < -0.3 is 14.5 Å². The number of unbranched alkanes of at least 4 members (excludes halogenated alkanes) is 1. The molecule has 3 aliphatic heterocycles. The molecule has 8 nitrogen and oxygen atoms in total. The second-order valence-corrected chi connectivity index (χ2v) is 9.63. The van der Waals surface area contributed by atoms with Crippen LogP contribution in [0.25, 0.3) is 0 Å². The van der Waals surface area contributed by atoms with Gasteiger partial charge in [-0.3, -0.25) is 9.59 Å². The van der Waals surface area contributed by atoms with Crippen LogP contribution in [0.5, 0.6) is 0 Å². The zero-order valence-electron chi connectivity index (χ0n) is 16.1. The molecule has 0 saturated carbocycles. The summed E-state index contributed by atoms with van der Waals surface area (Å²) in [4.78, 5) is 28.9. The van der Waals surface area contributed by atoms with E-state index in [0.29, 0.717) is 52.2 Å². The van der Waals surface area contributed by atoms with Crippen molar-refractivity contribution in [2.45, 2.75) is 57.6 Å². The van der Waals surface area contributed by atoms with Crippen LogP contribution in [0, 0.1) is 0 Å². The molecule has 2 atom stereocenters. The van der Waals surface area contributed by atoms with Crippen LogP contribution in [-0.4, -0.2) is 91.6 Å². The summed E-state index contributed by atoms with van der Waals surface area (Å²) in [7, 11) is -3.39. The third kappa shape index (κ3) is 4.63. The number of nitrogens with zero attached hydrogens (tertiary/aromatic N) is 3. The molecular formula is C18H31N3O5S. The number of rotatable bonds is 6. The smallest absolute Gasteiger partial charge is 0.251 e. The van der Waals surface area contributed by atoms with Crippen molar-refractivity contribution in [3.63, 3.8) is 0 Å². The van der Waals surface area contributed by atoms with Gasteiger partial charge >= 0.3 is 0 Å². The Morgan fingerprint density at radius 2 is 1.63 bits per heavy atom. The zero-order chi connectivity index (χ0) is 19.4. The Bertz CT molecular complexity index is 639. The first-order chi connectivity index (χ1) is 12.9. The van der Waals surface area contributed by atoms with Crippen LogP contribution >= 0.6 is 0 Å². The van der Waals surface area contributed by atoms with E-state index in [0.717, 1.165) is 25.7 Å². The molecule has 27 heavy (non-hydrogen) atoms. The van der Waals surface area contributed by atoms with Crippen molar-refractivity contribution >= 4 is 21.8 Å². The van der Waals surface area contributed by atoms with Crippen LogP contribution in [0.1, 0.15) is 45.4 Å². The van der Waals surface area contributed by atoms with Gasteiger partial charge in [0.05, 0.1) is 5.75 Å². The van der Waals surface area contributed by atoms with Crippen LogP contribution in [0.15, 0.2) is 0 Å². The van der Waals surface area contributed by atoms with E-state index in [1.54, 1.807) is 9.80 Å². The van der Waals surface area contributed by atoms with Gasteiger partial charge in [0.1, 0.15) is 12.1 Å². The highest BCUT2D eigenvalue weighted by Gasteiger charge is 2.41. The van der Waals surface area contributed by atoms with E-state index in [4.69, 9.17) is 4.74 Å². The Labute approximate surface area is 161 Å². The normalized spacial score (nSPS) is 27.3. The maximum atomic E-state index is 13.0. The van der Waals surface area contributed by atoms with Crippen LogP contribution in [0.4, 0.5) is 0 Å². The summed E-state index contributed by atoms with van der Waals surface area (Å²) in [5.74, 6) is 0.0118. The lowest BCUT2D eigenvalue weighted by Gasteiger charge is -2.37. The van der Waals surface area contributed by atoms with Gasteiger partial charge in [0.15, 0.2) is 0 Å². The molecule has 0 bridgehead atoms. The van der Waals surface area contributed by atoms with Crippen LogP contribution in [-0.2, 0) is 24.3 Å². The lowest BCUT2D eigenvalue weighted by atomic mass is 10.1. The second-order valence-electron chi connectivity index (χ2n) is 7.59. The number of sulfonamides is 1. The highest BCUT2D eigenvalue weighted by Crippen LogP contribution is 2.24. The van der Waals surface area contributed by atoms with Crippen molar-refractivity contribution in [2.75, 3.05) is 45.1 Å². The highest BCUT2D eigenvalue weighted by molar-refractivity contribution is 7.89. The number of carbonyl (C=O) groups is 2. The minimum absolute atomic E-state index is 0.0178. The number of carbonyl (C=O) groups excluding carboxylic acids is 2. The van der Waals surface area contributed by atoms with Crippen LogP contribution in [0.3, 0.4) is 0 Å². The fraction of sp³-hybridized carbons (Fsp3) is 0.889. The SMILES string of the molecule is CCCCS(=O)(=O)N1CCCC1C(=O)N1CCN(C(=O)C2CCCO2)CC1. The summed E-state index contributed by atoms with van der Waals surface area (Å²) in [6, 6.07) is -0.577. The predicted octanol–water partition coefficient (Wildman–Crippen LogP) is 0.431. The molecule has 3 fully saturated rings. The van der Waals surface area contributed by atoms with Gasteiger partial charge in [-0.15, -0.1) is 0 Å². The molecular weight excluding hydrogens is 370 g/mol. The van der Waals surface area contributed by atoms with Crippen LogP contribution in [0.2, 0.25) is 0 Å². The molecule has 0 aromatic rings. The average molecular weight is 402 g/mol. The van der Waals surface area contributed by atoms with Crippen molar-refractivity contribution in [2.24, 2.45) is 0 Å². The van der Waals surface area contributed by atoms with Crippen molar-refractivity contribution in [1.82, 2.24) is 14.1 Å². The van der Waals surface area contributed by atoms with E-state index in [-0.39, 0.29) is 23.7 Å². The van der Waals surface area contributed by atoms with E-state index in [1.165, 1.54) is 4.31 Å². The third-order valence-electron chi connectivity index (χ3n) is 5.71. The molecule has 0 spiro atoms. The van der Waals surface area contributed by atoms with Crippen LogP contribution < -0.4 is 0 Å². The van der Waals surface area contributed by atoms with Crippen molar-refractivity contribution in [3.8, 4) is 0 Å². The first kappa shape index (κ1) is 20.5. The first-order valence-corrected chi connectivity index (χ1v) is 11.7. The molecule has 2 amide bonds. The average Bonchev–Trinajstić information content (AvgIpc) is 3.37. The number of ether oxygens (including phenoxy) is 1. The second kappa shape index (κ2) is 8.87. The third-order valence-corrected chi connectivity index (χ3v) is 7.67. The lowest BCUT2D eigenvalue weighted by molar-refractivity contribution is -0.146. The molecule has 0 radical (unpaired) electrons. The molecule has 3 aliphatic rings. The monoisotopic (exact) mass is 401 g/mol. The number of piperazine rings is 1. The molecule has 3 heterocycles. The molecule has 3 rings (SSSR count). The number of amides is 2. The highest BCUT2D eigenvalue weighted by atomic mass is 32.2. The predicted molar refractivity (Wildman–Crippen MR) is 101 cm³/mol. The Morgan fingerprint density at radius 3 is 2.22 bits per heavy atom. The molecule has 3 saturated heterocycles. The van der Waals surface area contributed by atoms with Gasteiger partial charge in [-0.2, -0.15) is 4.31 Å². The molecule has 0 aromatic carbocycles. The topological polar surface area (TPSA) is 87.2 Å². The number of hydrogen-bond donors (Lipinski definition) is 0. The van der Waals surface area contributed by atoms with E-state index in [1.807, 2.05) is 6.92 Å². The van der Waals surface area contributed by atoms with E-state index in [2.05, 4.69) is 0 Å². The Balaban J connectivity index is 1.56. The zero-order valence-corrected chi connectivity index (χ0v) is 17.0. The van der Waals surface area contributed by atoms with Crippen molar-refractivity contribution in [3.05, 3.63) is 0 Å². The summed E-state index contributed by atoms with van der Waals surface area (Å²) >= 11 is 0. The first-order valence-electron chi connectivity index (χ1n) is 10.1. The molecule has 0 aromatic heterocycles. The fourth-order valence-corrected chi connectivity index (χ4v) is 5.98. The number of hydrogen-bond acceptors (Lipinski definition) is 5. The molecule has 154 valence electrons. The molecule has 2 unspecified atom stereocenters. The van der Waals surface area contributed by atoms with Gasteiger partial charge in [0, 0.05) is 39.3 Å². The molecule has 9 heteroatoms. The summed E-state index contributed by atoms with van der Waals surface area (Å²) in [5.41, 5.74) is 0.